The first kappa shape index (κ1) is 18.9. The Labute approximate surface area is 154 Å². The minimum Gasteiger partial charge on any atom is -0.360 e. The summed E-state index contributed by atoms with van der Waals surface area (Å²) >= 11 is 0. The Balaban J connectivity index is 1.50. The normalized spacial score (nSPS) is 24.1. The van der Waals surface area contributed by atoms with Crippen molar-refractivity contribution in [2.24, 2.45) is 11.7 Å². The lowest BCUT2D eigenvalue weighted by Gasteiger charge is -2.32. The van der Waals surface area contributed by atoms with E-state index in [1.165, 1.54) is 0 Å². The molecule has 0 aromatic carbocycles. The molecule has 1 aromatic heterocycles. The van der Waals surface area contributed by atoms with Gasteiger partial charge in [0.2, 0.25) is 5.91 Å². The quantitative estimate of drug-likeness (QED) is 0.773. The fourth-order valence-corrected chi connectivity index (χ4v) is 3.63. The molecule has 7 heteroatoms. The summed E-state index contributed by atoms with van der Waals surface area (Å²) in [5.74, 6) is 1.22. The van der Waals surface area contributed by atoms with Gasteiger partial charge in [0.1, 0.15) is 5.76 Å². The molecule has 0 spiro atoms. The van der Waals surface area contributed by atoms with Crippen molar-refractivity contribution in [3.63, 3.8) is 0 Å². The second-order valence-electron chi connectivity index (χ2n) is 7.75. The smallest absolute Gasteiger partial charge is 0.273 e. The van der Waals surface area contributed by atoms with Crippen molar-refractivity contribution in [2.75, 3.05) is 13.1 Å². The predicted molar refractivity (Wildman–Crippen MR) is 97.6 cm³/mol. The van der Waals surface area contributed by atoms with Gasteiger partial charge in [-0.05, 0) is 52.4 Å². The van der Waals surface area contributed by atoms with E-state index in [1.54, 1.807) is 6.07 Å². The Hall–Kier alpha value is -1.89. The minimum atomic E-state index is -0.250. The zero-order chi connectivity index (χ0) is 18.7. The molecule has 2 aliphatic rings. The molecule has 2 amide bonds. The van der Waals surface area contributed by atoms with E-state index in [2.05, 4.69) is 10.5 Å². The number of aromatic nitrogens is 1. The van der Waals surface area contributed by atoms with Crippen molar-refractivity contribution in [3.8, 4) is 0 Å². The fourth-order valence-electron chi connectivity index (χ4n) is 3.63. The van der Waals surface area contributed by atoms with Crippen LogP contribution >= 0.6 is 0 Å². The molecule has 2 fully saturated rings. The van der Waals surface area contributed by atoms with E-state index in [-0.39, 0.29) is 29.8 Å². The van der Waals surface area contributed by atoms with Crippen molar-refractivity contribution in [1.29, 1.82) is 0 Å². The largest absolute Gasteiger partial charge is 0.360 e. The first-order chi connectivity index (χ1) is 12.5. The molecule has 1 heterocycles. The highest BCUT2D eigenvalue weighted by atomic mass is 16.5. The number of hydrogen-bond donors (Lipinski definition) is 2. The molecule has 2 saturated carbocycles. The molecule has 3 rings (SSSR count). The number of nitrogens with one attached hydrogen (secondary N) is 1. The number of hydrogen-bond acceptors (Lipinski definition) is 5. The van der Waals surface area contributed by atoms with E-state index in [1.807, 2.05) is 18.7 Å². The third kappa shape index (κ3) is 4.63. The Morgan fingerprint density at radius 3 is 2.62 bits per heavy atom. The molecule has 1 atom stereocenters. The molecule has 144 valence electrons. The Morgan fingerprint density at radius 1 is 1.31 bits per heavy atom. The molecule has 0 unspecified atom stereocenters. The van der Waals surface area contributed by atoms with Crippen LogP contribution in [0.3, 0.4) is 0 Å². The van der Waals surface area contributed by atoms with Gasteiger partial charge < -0.3 is 20.5 Å². The van der Waals surface area contributed by atoms with Gasteiger partial charge in [0.05, 0.1) is 0 Å². The summed E-state index contributed by atoms with van der Waals surface area (Å²) in [5.41, 5.74) is 6.25. The van der Waals surface area contributed by atoms with Crippen LogP contribution < -0.4 is 11.1 Å². The van der Waals surface area contributed by atoms with Crippen LogP contribution in [0.15, 0.2) is 10.6 Å². The highest BCUT2D eigenvalue weighted by molar-refractivity contribution is 5.92. The monoisotopic (exact) mass is 362 g/mol. The fraction of sp³-hybridized carbons (Fsp3) is 0.737. The molecular weight excluding hydrogens is 332 g/mol. The Morgan fingerprint density at radius 2 is 2.00 bits per heavy atom. The van der Waals surface area contributed by atoms with Crippen LogP contribution in [0.4, 0.5) is 0 Å². The predicted octanol–water partition coefficient (Wildman–Crippen LogP) is 2.04. The first-order valence-corrected chi connectivity index (χ1v) is 9.79. The minimum absolute atomic E-state index is 0.0642. The van der Waals surface area contributed by atoms with Gasteiger partial charge in [0, 0.05) is 43.1 Å². The first-order valence-electron chi connectivity index (χ1n) is 9.79. The third-order valence-electron chi connectivity index (χ3n) is 5.43. The summed E-state index contributed by atoms with van der Waals surface area (Å²) in [5, 5.41) is 6.79. The molecule has 1 aromatic rings. The molecular formula is C19H30N4O3. The molecule has 3 N–H and O–H groups in total. The van der Waals surface area contributed by atoms with Crippen LogP contribution in [0.1, 0.15) is 74.5 Å². The summed E-state index contributed by atoms with van der Waals surface area (Å²) in [6.45, 7) is 5.02. The average molecular weight is 362 g/mol. The van der Waals surface area contributed by atoms with E-state index in [0.29, 0.717) is 24.7 Å². The highest BCUT2D eigenvalue weighted by Crippen LogP contribution is 2.40. The maximum absolute atomic E-state index is 12.8. The summed E-state index contributed by atoms with van der Waals surface area (Å²) in [4.78, 5) is 26.9. The maximum Gasteiger partial charge on any atom is 0.273 e. The van der Waals surface area contributed by atoms with Gasteiger partial charge in [-0.2, -0.15) is 0 Å². The van der Waals surface area contributed by atoms with Gasteiger partial charge in [-0.25, -0.2) is 0 Å². The van der Waals surface area contributed by atoms with Crippen molar-refractivity contribution >= 4 is 11.8 Å². The van der Waals surface area contributed by atoms with Crippen LogP contribution in [-0.4, -0.2) is 47.0 Å². The number of rotatable bonds is 7. The lowest BCUT2D eigenvalue weighted by Crippen LogP contribution is -2.47. The molecule has 0 radical (unpaired) electrons. The molecule has 7 nitrogen and oxygen atoms in total. The average Bonchev–Trinajstić information content (AvgIpc) is 3.36. The summed E-state index contributed by atoms with van der Waals surface area (Å²) in [7, 11) is 0. The van der Waals surface area contributed by atoms with Crippen LogP contribution in [0.5, 0.6) is 0 Å². The van der Waals surface area contributed by atoms with E-state index in [0.717, 1.165) is 44.3 Å². The van der Waals surface area contributed by atoms with Gasteiger partial charge in [0.15, 0.2) is 5.69 Å². The SMILES string of the molecule is CCN(C[C@H](C)NC(=O)c1cc(C2CC2)on1)C(=O)[C@H]1CC[C@H](N)CC1. The maximum atomic E-state index is 12.8. The highest BCUT2D eigenvalue weighted by Gasteiger charge is 2.30. The summed E-state index contributed by atoms with van der Waals surface area (Å²) < 4.78 is 5.23. The summed E-state index contributed by atoms with van der Waals surface area (Å²) in [6, 6.07) is 1.81. The topological polar surface area (TPSA) is 101 Å². The third-order valence-corrected chi connectivity index (χ3v) is 5.43. The standard InChI is InChI=1S/C19H30N4O3/c1-3-23(19(25)14-6-8-15(20)9-7-14)11-12(2)21-18(24)16-10-17(26-22-16)13-4-5-13/h10,12-15H,3-9,11,20H2,1-2H3,(H,21,24)/t12-,14-,15-/m0/s1. The van der Waals surface area contributed by atoms with Gasteiger partial charge >= 0.3 is 0 Å². The second-order valence-corrected chi connectivity index (χ2v) is 7.75. The van der Waals surface area contributed by atoms with Crippen molar-refractivity contribution in [1.82, 2.24) is 15.4 Å². The zero-order valence-electron chi connectivity index (χ0n) is 15.7. The summed E-state index contributed by atoms with van der Waals surface area (Å²) in [6.07, 6.45) is 5.75. The zero-order valence-corrected chi connectivity index (χ0v) is 15.7. The van der Waals surface area contributed by atoms with Gasteiger partial charge in [-0.3, -0.25) is 9.59 Å². The van der Waals surface area contributed by atoms with E-state index in [4.69, 9.17) is 10.3 Å². The van der Waals surface area contributed by atoms with Crippen LogP contribution in [0.25, 0.3) is 0 Å². The van der Waals surface area contributed by atoms with Crippen molar-refractivity contribution < 1.29 is 14.1 Å². The number of nitrogens with zero attached hydrogens (tertiary/aromatic N) is 2. The second kappa shape index (κ2) is 8.20. The van der Waals surface area contributed by atoms with Crippen LogP contribution in [-0.2, 0) is 4.79 Å². The Bertz CT molecular complexity index is 632. The van der Waals surface area contributed by atoms with Crippen molar-refractivity contribution in [2.45, 2.75) is 70.4 Å². The van der Waals surface area contributed by atoms with Gasteiger partial charge in [-0.1, -0.05) is 5.16 Å². The van der Waals surface area contributed by atoms with Gasteiger partial charge in [-0.15, -0.1) is 0 Å². The molecule has 2 aliphatic carbocycles. The molecule has 0 saturated heterocycles. The number of amides is 2. The number of carbonyl (C=O) groups excluding carboxylic acids is 2. The lowest BCUT2D eigenvalue weighted by atomic mass is 9.85. The lowest BCUT2D eigenvalue weighted by molar-refractivity contribution is -0.136. The van der Waals surface area contributed by atoms with E-state index in [9.17, 15) is 9.59 Å². The van der Waals surface area contributed by atoms with E-state index >= 15 is 0 Å². The van der Waals surface area contributed by atoms with Crippen LogP contribution in [0, 0.1) is 5.92 Å². The number of nitrogens with two attached hydrogens (primary N) is 1. The van der Waals surface area contributed by atoms with Crippen LogP contribution in [0.2, 0.25) is 0 Å². The van der Waals surface area contributed by atoms with Gasteiger partial charge in [0.25, 0.3) is 5.91 Å². The van der Waals surface area contributed by atoms with E-state index < -0.39 is 0 Å². The number of carbonyl (C=O) groups is 2. The number of likely N-dealkylation sites (N-methyl/N-ethyl adjacent to an activating group) is 1. The molecule has 26 heavy (non-hydrogen) atoms. The molecule has 0 bridgehead atoms. The molecule has 0 aliphatic heterocycles. The Kier molecular flexibility index (Phi) is 5.96. The van der Waals surface area contributed by atoms with Crippen molar-refractivity contribution in [3.05, 3.63) is 17.5 Å².